The Morgan fingerprint density at radius 1 is 0.406 bits per heavy atom. The smallest absolute Gasteiger partial charge is 0.135 e. The van der Waals surface area contributed by atoms with E-state index in [0.717, 1.165) is 39.0 Å². The Bertz CT molecular complexity index is 1460. The van der Waals surface area contributed by atoms with Crippen molar-refractivity contribution >= 4 is 39.0 Å². The molecule has 0 spiro atoms. The number of para-hydroxylation sites is 3. The highest BCUT2D eigenvalue weighted by Crippen LogP contribution is 2.36. The standard InChI is InChI=1S/C30H21NO/c1-3-9-24(10-4-1)31(25-11-5-2-6-12-25)26-18-15-22(16-19-26)23-17-20-30-28(21-23)27-13-7-8-14-29(27)32-30/h1-21H. The number of fused-ring (bicyclic) bond motifs is 3. The van der Waals surface area contributed by atoms with E-state index in [4.69, 9.17) is 4.42 Å². The Balaban J connectivity index is 1.41. The van der Waals surface area contributed by atoms with E-state index in [1.165, 1.54) is 11.1 Å². The second kappa shape index (κ2) is 7.75. The van der Waals surface area contributed by atoms with E-state index >= 15 is 0 Å². The summed E-state index contributed by atoms with van der Waals surface area (Å²) in [6, 6.07) is 44.3. The normalized spacial score (nSPS) is 11.1. The highest BCUT2D eigenvalue weighted by molar-refractivity contribution is 6.06. The first-order valence-corrected chi connectivity index (χ1v) is 10.8. The Morgan fingerprint density at radius 2 is 0.938 bits per heavy atom. The van der Waals surface area contributed by atoms with Gasteiger partial charge in [0.2, 0.25) is 0 Å². The van der Waals surface area contributed by atoms with Gasteiger partial charge in [0.15, 0.2) is 0 Å². The maximum Gasteiger partial charge on any atom is 0.135 e. The van der Waals surface area contributed by atoms with Crippen molar-refractivity contribution in [3.63, 3.8) is 0 Å². The van der Waals surface area contributed by atoms with Crippen LogP contribution in [0.5, 0.6) is 0 Å². The van der Waals surface area contributed by atoms with Crippen LogP contribution in [-0.4, -0.2) is 0 Å². The average molecular weight is 412 g/mol. The van der Waals surface area contributed by atoms with E-state index in [1.54, 1.807) is 0 Å². The van der Waals surface area contributed by atoms with E-state index in [0.29, 0.717) is 0 Å². The summed E-state index contributed by atoms with van der Waals surface area (Å²) in [6.45, 7) is 0. The van der Waals surface area contributed by atoms with Gasteiger partial charge in [-0.2, -0.15) is 0 Å². The summed E-state index contributed by atoms with van der Waals surface area (Å²) in [7, 11) is 0. The van der Waals surface area contributed by atoms with Gasteiger partial charge in [-0.3, -0.25) is 0 Å². The van der Waals surface area contributed by atoms with E-state index in [9.17, 15) is 0 Å². The first-order chi connectivity index (χ1) is 15.9. The molecule has 1 heterocycles. The molecular formula is C30H21NO. The van der Waals surface area contributed by atoms with Crippen LogP contribution in [0.2, 0.25) is 0 Å². The number of anilines is 3. The van der Waals surface area contributed by atoms with Gasteiger partial charge >= 0.3 is 0 Å². The lowest BCUT2D eigenvalue weighted by Crippen LogP contribution is -2.09. The lowest BCUT2D eigenvalue weighted by atomic mass is 10.0. The zero-order valence-corrected chi connectivity index (χ0v) is 17.5. The quantitative estimate of drug-likeness (QED) is 0.288. The monoisotopic (exact) mass is 411 g/mol. The SMILES string of the molecule is c1ccc(N(c2ccccc2)c2ccc(-c3ccc4oc5ccccc5c4c3)cc2)cc1. The number of furan rings is 1. The maximum absolute atomic E-state index is 5.99. The first-order valence-electron chi connectivity index (χ1n) is 10.8. The largest absolute Gasteiger partial charge is 0.456 e. The molecule has 0 radical (unpaired) electrons. The Hall–Kier alpha value is -4.30. The second-order valence-electron chi connectivity index (χ2n) is 7.86. The number of nitrogens with zero attached hydrogens (tertiary/aromatic N) is 1. The summed E-state index contributed by atoms with van der Waals surface area (Å²) in [6.07, 6.45) is 0. The van der Waals surface area contributed by atoms with Crippen LogP contribution in [0.25, 0.3) is 33.1 Å². The lowest BCUT2D eigenvalue weighted by molar-refractivity contribution is 0.669. The number of rotatable bonds is 4. The molecule has 5 aromatic carbocycles. The van der Waals surface area contributed by atoms with Crippen LogP contribution in [0.15, 0.2) is 132 Å². The predicted molar refractivity (Wildman–Crippen MR) is 134 cm³/mol. The molecule has 0 aliphatic rings. The zero-order chi connectivity index (χ0) is 21.3. The van der Waals surface area contributed by atoms with Gasteiger partial charge in [-0.25, -0.2) is 0 Å². The highest BCUT2D eigenvalue weighted by Gasteiger charge is 2.12. The number of hydrogen-bond acceptors (Lipinski definition) is 2. The van der Waals surface area contributed by atoms with Gasteiger partial charge in [-0.15, -0.1) is 0 Å². The summed E-state index contributed by atoms with van der Waals surface area (Å²) in [5, 5.41) is 2.30. The highest BCUT2D eigenvalue weighted by atomic mass is 16.3. The van der Waals surface area contributed by atoms with Gasteiger partial charge < -0.3 is 9.32 Å². The first kappa shape index (κ1) is 18.5. The van der Waals surface area contributed by atoms with Crippen molar-refractivity contribution in [3.05, 3.63) is 127 Å². The van der Waals surface area contributed by atoms with E-state index in [-0.39, 0.29) is 0 Å². The third-order valence-corrected chi connectivity index (χ3v) is 5.86. The summed E-state index contributed by atoms with van der Waals surface area (Å²) in [5.74, 6) is 0. The van der Waals surface area contributed by atoms with Crippen molar-refractivity contribution in [2.75, 3.05) is 4.90 Å². The second-order valence-corrected chi connectivity index (χ2v) is 7.86. The Labute approximate surface area is 187 Å². The predicted octanol–water partition coefficient (Wildman–Crippen LogP) is 8.72. The maximum atomic E-state index is 5.99. The summed E-state index contributed by atoms with van der Waals surface area (Å²) in [5.41, 5.74) is 7.61. The van der Waals surface area contributed by atoms with Crippen LogP contribution >= 0.6 is 0 Å². The lowest BCUT2D eigenvalue weighted by Gasteiger charge is -2.25. The van der Waals surface area contributed by atoms with Crippen LogP contribution in [0.1, 0.15) is 0 Å². The third-order valence-electron chi connectivity index (χ3n) is 5.86. The molecule has 32 heavy (non-hydrogen) atoms. The van der Waals surface area contributed by atoms with Gasteiger partial charge in [0, 0.05) is 27.8 Å². The Kier molecular flexibility index (Phi) is 4.47. The van der Waals surface area contributed by atoms with Gasteiger partial charge in [-0.05, 0) is 65.7 Å². The fraction of sp³-hybridized carbons (Fsp3) is 0. The molecule has 0 aliphatic carbocycles. The minimum atomic E-state index is 0.922. The molecule has 2 nitrogen and oxygen atoms in total. The molecule has 0 fully saturated rings. The van der Waals surface area contributed by atoms with E-state index in [2.05, 4.69) is 108 Å². The summed E-state index contributed by atoms with van der Waals surface area (Å²) < 4.78 is 5.99. The summed E-state index contributed by atoms with van der Waals surface area (Å²) in [4.78, 5) is 2.27. The van der Waals surface area contributed by atoms with Crippen molar-refractivity contribution < 1.29 is 4.42 Å². The van der Waals surface area contributed by atoms with Crippen molar-refractivity contribution in [2.24, 2.45) is 0 Å². The molecule has 0 saturated carbocycles. The molecule has 0 aliphatic heterocycles. The van der Waals surface area contributed by atoms with Crippen LogP contribution in [0.4, 0.5) is 17.1 Å². The third kappa shape index (κ3) is 3.23. The molecule has 0 amide bonds. The van der Waals surface area contributed by atoms with Crippen molar-refractivity contribution in [3.8, 4) is 11.1 Å². The van der Waals surface area contributed by atoms with Crippen molar-refractivity contribution in [2.45, 2.75) is 0 Å². The topological polar surface area (TPSA) is 16.4 Å². The zero-order valence-electron chi connectivity index (χ0n) is 17.5. The molecule has 0 bridgehead atoms. The number of hydrogen-bond donors (Lipinski definition) is 0. The van der Waals surface area contributed by atoms with Gasteiger partial charge in [0.05, 0.1) is 0 Å². The molecule has 152 valence electrons. The summed E-state index contributed by atoms with van der Waals surface area (Å²) >= 11 is 0. The molecule has 0 unspecified atom stereocenters. The minimum Gasteiger partial charge on any atom is -0.456 e. The molecule has 0 saturated heterocycles. The van der Waals surface area contributed by atoms with Crippen LogP contribution in [0.3, 0.4) is 0 Å². The molecular weight excluding hydrogens is 390 g/mol. The van der Waals surface area contributed by atoms with Crippen molar-refractivity contribution in [1.29, 1.82) is 0 Å². The molecule has 0 N–H and O–H groups in total. The molecule has 6 rings (SSSR count). The minimum absolute atomic E-state index is 0.922. The van der Waals surface area contributed by atoms with Crippen LogP contribution < -0.4 is 4.90 Å². The molecule has 2 heteroatoms. The average Bonchev–Trinajstić information content (AvgIpc) is 3.24. The van der Waals surface area contributed by atoms with Crippen molar-refractivity contribution in [1.82, 2.24) is 0 Å². The van der Waals surface area contributed by atoms with Gasteiger partial charge in [-0.1, -0.05) is 72.8 Å². The fourth-order valence-corrected chi connectivity index (χ4v) is 4.31. The number of benzene rings is 5. The fourth-order valence-electron chi connectivity index (χ4n) is 4.31. The van der Waals surface area contributed by atoms with Crippen LogP contribution in [0, 0.1) is 0 Å². The van der Waals surface area contributed by atoms with Gasteiger partial charge in [0.1, 0.15) is 11.2 Å². The van der Waals surface area contributed by atoms with E-state index in [1.807, 2.05) is 24.3 Å². The molecule has 6 aromatic rings. The van der Waals surface area contributed by atoms with Gasteiger partial charge in [0.25, 0.3) is 0 Å². The van der Waals surface area contributed by atoms with E-state index < -0.39 is 0 Å². The Morgan fingerprint density at radius 3 is 1.62 bits per heavy atom. The van der Waals surface area contributed by atoms with Crippen LogP contribution in [-0.2, 0) is 0 Å². The molecule has 1 aromatic heterocycles. The molecule has 0 atom stereocenters.